The van der Waals surface area contributed by atoms with Crippen LogP contribution < -0.4 is 0 Å². The molecule has 0 unspecified atom stereocenters. The van der Waals surface area contributed by atoms with E-state index in [1.807, 2.05) is 0 Å². The fraction of sp³-hybridized carbons (Fsp3) is 1.00. The van der Waals surface area contributed by atoms with E-state index in [0.717, 1.165) is 45.3 Å². The van der Waals surface area contributed by atoms with Crippen molar-refractivity contribution >= 4 is 0 Å². The Morgan fingerprint density at radius 1 is 1.00 bits per heavy atom. The van der Waals surface area contributed by atoms with Crippen LogP contribution in [0, 0.1) is 0 Å². The molecule has 2 fully saturated rings. The molecule has 82 valence electrons. The predicted molar refractivity (Wildman–Crippen MR) is 53.2 cm³/mol. The summed E-state index contributed by atoms with van der Waals surface area (Å²) in [5.41, 5.74) is 0. The Bertz CT molecular complexity index is 166. The topological polar surface area (TPSA) is 38.7 Å². The second-order valence-corrected chi connectivity index (χ2v) is 4.34. The molecule has 1 N–H and O–H groups in total. The monoisotopic (exact) mass is 200 g/mol. The molecule has 0 spiro atoms. The van der Waals surface area contributed by atoms with Gasteiger partial charge in [-0.3, -0.25) is 0 Å². The van der Waals surface area contributed by atoms with Gasteiger partial charge in [-0.25, -0.2) is 0 Å². The highest BCUT2D eigenvalue weighted by Crippen LogP contribution is 2.24. The van der Waals surface area contributed by atoms with E-state index in [1.165, 1.54) is 6.42 Å². The summed E-state index contributed by atoms with van der Waals surface area (Å²) in [5.74, 6) is 0. The Kier molecular flexibility index (Phi) is 3.79. The van der Waals surface area contributed by atoms with E-state index in [2.05, 4.69) is 0 Å². The number of aliphatic hydroxyl groups excluding tert-OH is 1. The SMILES string of the molecule is O[C@H]1CCCC[C@@H]1OC1CCOCC1. The maximum absolute atomic E-state index is 9.74. The van der Waals surface area contributed by atoms with E-state index < -0.39 is 0 Å². The molecule has 1 saturated carbocycles. The van der Waals surface area contributed by atoms with E-state index in [1.54, 1.807) is 0 Å². The van der Waals surface area contributed by atoms with Crippen molar-refractivity contribution in [1.29, 1.82) is 0 Å². The van der Waals surface area contributed by atoms with Crippen LogP contribution in [-0.2, 0) is 9.47 Å². The summed E-state index contributed by atoms with van der Waals surface area (Å²) in [6.45, 7) is 1.63. The van der Waals surface area contributed by atoms with Crippen LogP contribution in [0.1, 0.15) is 38.5 Å². The molecule has 2 aliphatic rings. The highest BCUT2D eigenvalue weighted by atomic mass is 16.5. The second kappa shape index (κ2) is 5.10. The quantitative estimate of drug-likeness (QED) is 0.734. The van der Waals surface area contributed by atoms with E-state index in [-0.39, 0.29) is 12.2 Å². The van der Waals surface area contributed by atoms with Crippen LogP contribution in [-0.4, -0.2) is 36.6 Å². The van der Waals surface area contributed by atoms with Gasteiger partial charge >= 0.3 is 0 Å². The Morgan fingerprint density at radius 2 is 1.71 bits per heavy atom. The molecule has 0 radical (unpaired) electrons. The molecule has 1 heterocycles. The smallest absolute Gasteiger partial charge is 0.0837 e. The van der Waals surface area contributed by atoms with Gasteiger partial charge in [-0.15, -0.1) is 0 Å². The first-order chi connectivity index (χ1) is 6.86. The Morgan fingerprint density at radius 3 is 2.43 bits per heavy atom. The fourth-order valence-electron chi connectivity index (χ4n) is 2.30. The largest absolute Gasteiger partial charge is 0.390 e. The molecule has 3 heteroatoms. The van der Waals surface area contributed by atoms with Crippen LogP contribution in [0.5, 0.6) is 0 Å². The van der Waals surface area contributed by atoms with Gasteiger partial charge in [0, 0.05) is 13.2 Å². The molecule has 2 rings (SSSR count). The van der Waals surface area contributed by atoms with Gasteiger partial charge in [0.05, 0.1) is 18.3 Å². The molecule has 1 aliphatic heterocycles. The van der Waals surface area contributed by atoms with Gasteiger partial charge in [-0.05, 0) is 25.7 Å². The fourth-order valence-corrected chi connectivity index (χ4v) is 2.30. The van der Waals surface area contributed by atoms with E-state index in [4.69, 9.17) is 9.47 Å². The van der Waals surface area contributed by atoms with Gasteiger partial charge in [0.2, 0.25) is 0 Å². The van der Waals surface area contributed by atoms with Gasteiger partial charge < -0.3 is 14.6 Å². The first-order valence-electron chi connectivity index (χ1n) is 5.77. The summed E-state index contributed by atoms with van der Waals surface area (Å²) in [7, 11) is 0. The molecular formula is C11H20O3. The lowest BCUT2D eigenvalue weighted by Crippen LogP contribution is -2.37. The molecule has 14 heavy (non-hydrogen) atoms. The molecule has 1 aliphatic carbocycles. The minimum absolute atomic E-state index is 0.0897. The van der Waals surface area contributed by atoms with Crippen LogP contribution in [0.25, 0.3) is 0 Å². The lowest BCUT2D eigenvalue weighted by molar-refractivity contribution is -0.120. The normalized spacial score (nSPS) is 35.8. The summed E-state index contributed by atoms with van der Waals surface area (Å²) in [6, 6.07) is 0. The third-order valence-corrected chi connectivity index (χ3v) is 3.20. The third-order valence-electron chi connectivity index (χ3n) is 3.20. The van der Waals surface area contributed by atoms with Crippen molar-refractivity contribution in [3.8, 4) is 0 Å². The van der Waals surface area contributed by atoms with Crippen molar-refractivity contribution < 1.29 is 14.6 Å². The molecule has 0 aromatic heterocycles. The molecule has 0 amide bonds. The van der Waals surface area contributed by atoms with Gasteiger partial charge in [0.15, 0.2) is 0 Å². The van der Waals surface area contributed by atoms with Gasteiger partial charge in [0.25, 0.3) is 0 Å². The maximum Gasteiger partial charge on any atom is 0.0837 e. The average molecular weight is 200 g/mol. The Labute approximate surface area is 85.4 Å². The first-order valence-corrected chi connectivity index (χ1v) is 5.77. The van der Waals surface area contributed by atoms with Gasteiger partial charge in [-0.2, -0.15) is 0 Å². The highest BCUT2D eigenvalue weighted by molar-refractivity contribution is 4.77. The number of rotatable bonds is 2. The number of aliphatic hydroxyl groups is 1. The van der Waals surface area contributed by atoms with Crippen molar-refractivity contribution in [2.75, 3.05) is 13.2 Å². The number of ether oxygens (including phenoxy) is 2. The summed E-state index contributed by atoms with van der Waals surface area (Å²) in [6.07, 6.45) is 6.44. The zero-order valence-electron chi connectivity index (χ0n) is 8.65. The molecule has 0 bridgehead atoms. The van der Waals surface area contributed by atoms with Crippen molar-refractivity contribution in [3.05, 3.63) is 0 Å². The Balaban J connectivity index is 1.76. The van der Waals surface area contributed by atoms with Crippen molar-refractivity contribution in [3.63, 3.8) is 0 Å². The van der Waals surface area contributed by atoms with Crippen LogP contribution in [0.4, 0.5) is 0 Å². The van der Waals surface area contributed by atoms with Crippen molar-refractivity contribution in [2.24, 2.45) is 0 Å². The van der Waals surface area contributed by atoms with E-state index in [0.29, 0.717) is 6.10 Å². The molecular weight excluding hydrogens is 180 g/mol. The highest BCUT2D eigenvalue weighted by Gasteiger charge is 2.27. The van der Waals surface area contributed by atoms with Crippen molar-refractivity contribution in [2.45, 2.75) is 56.8 Å². The minimum Gasteiger partial charge on any atom is -0.390 e. The predicted octanol–water partition coefficient (Wildman–Crippen LogP) is 1.49. The zero-order chi connectivity index (χ0) is 9.80. The summed E-state index contributed by atoms with van der Waals surface area (Å²) >= 11 is 0. The molecule has 1 saturated heterocycles. The van der Waals surface area contributed by atoms with Crippen molar-refractivity contribution in [1.82, 2.24) is 0 Å². The lowest BCUT2D eigenvalue weighted by atomic mass is 9.94. The Hall–Kier alpha value is -0.120. The van der Waals surface area contributed by atoms with Crippen LogP contribution in [0.3, 0.4) is 0 Å². The molecule has 2 atom stereocenters. The third kappa shape index (κ3) is 2.69. The minimum atomic E-state index is -0.230. The van der Waals surface area contributed by atoms with E-state index >= 15 is 0 Å². The summed E-state index contributed by atoms with van der Waals surface area (Å²) < 4.78 is 11.2. The molecule has 0 aromatic carbocycles. The first kappa shape index (κ1) is 10.4. The van der Waals surface area contributed by atoms with Crippen LogP contribution >= 0.6 is 0 Å². The molecule has 0 aromatic rings. The number of hydrogen-bond acceptors (Lipinski definition) is 3. The van der Waals surface area contributed by atoms with Gasteiger partial charge in [0.1, 0.15) is 0 Å². The molecule has 3 nitrogen and oxygen atoms in total. The van der Waals surface area contributed by atoms with E-state index in [9.17, 15) is 5.11 Å². The average Bonchev–Trinajstić information content (AvgIpc) is 2.23. The summed E-state index contributed by atoms with van der Waals surface area (Å²) in [4.78, 5) is 0. The second-order valence-electron chi connectivity index (χ2n) is 4.34. The maximum atomic E-state index is 9.74. The lowest BCUT2D eigenvalue weighted by Gasteiger charge is -2.32. The van der Waals surface area contributed by atoms with Crippen LogP contribution in [0.2, 0.25) is 0 Å². The zero-order valence-corrected chi connectivity index (χ0v) is 8.65. The van der Waals surface area contributed by atoms with Gasteiger partial charge in [-0.1, -0.05) is 12.8 Å². The number of hydrogen-bond donors (Lipinski definition) is 1. The van der Waals surface area contributed by atoms with Crippen LogP contribution in [0.15, 0.2) is 0 Å². The standard InChI is InChI=1S/C11H20O3/c12-10-3-1-2-4-11(10)14-9-5-7-13-8-6-9/h9-12H,1-8H2/t10-,11-/m0/s1. The summed E-state index contributed by atoms with van der Waals surface area (Å²) in [5, 5.41) is 9.74.